The highest BCUT2D eigenvalue weighted by atomic mass is 35.5. The summed E-state index contributed by atoms with van der Waals surface area (Å²) in [6.07, 6.45) is 0.929. The van der Waals surface area contributed by atoms with Gasteiger partial charge in [0.05, 0.1) is 17.6 Å². The van der Waals surface area contributed by atoms with Gasteiger partial charge in [-0.3, -0.25) is 9.59 Å². The molecular formula is C21H19ClFN3O2. The van der Waals surface area contributed by atoms with Gasteiger partial charge >= 0.3 is 0 Å². The zero-order valence-corrected chi connectivity index (χ0v) is 16.1. The van der Waals surface area contributed by atoms with Gasteiger partial charge in [0.1, 0.15) is 11.9 Å². The molecule has 3 atom stereocenters. The maximum atomic E-state index is 13.4. The number of fused-ring (bicyclic) bond motifs is 3. The van der Waals surface area contributed by atoms with Crippen LogP contribution >= 0.6 is 11.6 Å². The van der Waals surface area contributed by atoms with Crippen molar-refractivity contribution in [2.45, 2.75) is 25.4 Å². The fourth-order valence-corrected chi connectivity index (χ4v) is 4.92. The lowest BCUT2D eigenvalue weighted by molar-refractivity contribution is -0.126. The van der Waals surface area contributed by atoms with Crippen molar-refractivity contribution in [3.63, 3.8) is 0 Å². The standard InChI is InChI=1S/C21H19ClFN3O2/c1-12-3-8-15(11-16(12)22)26-20(27)17-18(13-4-6-14(23)7-5-13)24-9-2-10-25(24)19(17)21(26)28/h3-8,11,17-19H,2,9-10H2,1H3/t17-,18+,19+/m1/s1. The van der Waals surface area contributed by atoms with Gasteiger partial charge in [-0.2, -0.15) is 0 Å². The molecule has 28 heavy (non-hydrogen) atoms. The average molecular weight is 400 g/mol. The van der Waals surface area contributed by atoms with Gasteiger partial charge in [-0.05, 0) is 48.7 Å². The number of hydrazine groups is 1. The summed E-state index contributed by atoms with van der Waals surface area (Å²) in [6, 6.07) is 10.7. The molecule has 0 N–H and O–H groups in total. The maximum absolute atomic E-state index is 13.4. The Morgan fingerprint density at radius 1 is 0.964 bits per heavy atom. The number of imide groups is 1. The Morgan fingerprint density at radius 3 is 2.32 bits per heavy atom. The number of carbonyl (C=O) groups excluding carboxylic acids is 2. The summed E-state index contributed by atoms with van der Waals surface area (Å²) in [5.74, 6) is -1.27. The van der Waals surface area contributed by atoms with Gasteiger partial charge in [-0.25, -0.2) is 19.3 Å². The Labute approximate surface area is 167 Å². The Morgan fingerprint density at radius 2 is 1.64 bits per heavy atom. The number of hydrogen-bond acceptors (Lipinski definition) is 4. The molecule has 3 saturated heterocycles. The van der Waals surface area contributed by atoms with Gasteiger partial charge in [0, 0.05) is 18.1 Å². The van der Waals surface area contributed by atoms with E-state index in [4.69, 9.17) is 11.6 Å². The molecule has 144 valence electrons. The van der Waals surface area contributed by atoms with Crippen LogP contribution in [0.5, 0.6) is 0 Å². The van der Waals surface area contributed by atoms with Gasteiger partial charge in [0.15, 0.2) is 0 Å². The zero-order chi connectivity index (χ0) is 19.6. The number of aryl methyl sites for hydroxylation is 1. The van der Waals surface area contributed by atoms with Crippen molar-refractivity contribution in [1.29, 1.82) is 0 Å². The molecule has 3 fully saturated rings. The van der Waals surface area contributed by atoms with E-state index in [1.54, 1.807) is 24.3 Å². The molecule has 2 aromatic carbocycles. The topological polar surface area (TPSA) is 43.9 Å². The first-order valence-electron chi connectivity index (χ1n) is 9.40. The lowest BCUT2D eigenvalue weighted by Gasteiger charge is -2.29. The minimum atomic E-state index is -0.523. The van der Waals surface area contributed by atoms with Gasteiger partial charge in [0.25, 0.3) is 5.91 Å². The summed E-state index contributed by atoms with van der Waals surface area (Å²) in [5, 5.41) is 4.65. The molecular weight excluding hydrogens is 381 g/mol. The number of anilines is 1. The lowest BCUT2D eigenvalue weighted by Crippen LogP contribution is -2.44. The Bertz CT molecular complexity index is 980. The van der Waals surface area contributed by atoms with Crippen molar-refractivity contribution in [1.82, 2.24) is 10.0 Å². The predicted molar refractivity (Wildman–Crippen MR) is 103 cm³/mol. The van der Waals surface area contributed by atoms with Gasteiger partial charge in [-0.1, -0.05) is 29.8 Å². The van der Waals surface area contributed by atoms with E-state index in [0.717, 1.165) is 30.6 Å². The molecule has 0 aliphatic carbocycles. The highest BCUT2D eigenvalue weighted by molar-refractivity contribution is 6.32. The molecule has 5 rings (SSSR count). The van der Waals surface area contributed by atoms with Crippen LogP contribution in [0, 0.1) is 18.7 Å². The number of amides is 2. The molecule has 3 aliphatic rings. The van der Waals surface area contributed by atoms with Crippen molar-refractivity contribution >= 4 is 29.1 Å². The molecule has 0 radical (unpaired) electrons. The minimum absolute atomic E-state index is 0.216. The van der Waals surface area contributed by atoms with E-state index in [-0.39, 0.29) is 23.7 Å². The number of halogens is 2. The SMILES string of the molecule is Cc1ccc(N2C(=O)[C@H]3[C@@H](C2=O)N2CCCN2[C@H]3c2ccc(F)cc2)cc1Cl. The van der Waals surface area contributed by atoms with Crippen LogP contribution in [0.4, 0.5) is 10.1 Å². The molecule has 0 unspecified atom stereocenters. The molecule has 5 nitrogen and oxygen atoms in total. The molecule has 2 aromatic rings. The third-order valence-corrected chi connectivity index (χ3v) is 6.44. The molecule has 0 aromatic heterocycles. The lowest BCUT2D eigenvalue weighted by atomic mass is 9.90. The normalized spacial score (nSPS) is 27.5. The zero-order valence-electron chi connectivity index (χ0n) is 15.3. The number of nitrogens with zero attached hydrogens (tertiary/aromatic N) is 3. The van der Waals surface area contributed by atoms with Crippen molar-refractivity contribution in [2.75, 3.05) is 18.0 Å². The second-order valence-electron chi connectivity index (χ2n) is 7.59. The van der Waals surface area contributed by atoms with Crippen LogP contribution in [-0.4, -0.2) is 41.0 Å². The van der Waals surface area contributed by atoms with E-state index >= 15 is 0 Å². The van der Waals surface area contributed by atoms with Crippen LogP contribution in [0.2, 0.25) is 5.02 Å². The van der Waals surface area contributed by atoms with E-state index in [1.165, 1.54) is 17.0 Å². The smallest absolute Gasteiger partial charge is 0.253 e. The van der Waals surface area contributed by atoms with Gasteiger partial charge in [-0.15, -0.1) is 0 Å². The Balaban J connectivity index is 1.58. The van der Waals surface area contributed by atoms with Crippen LogP contribution in [0.3, 0.4) is 0 Å². The van der Waals surface area contributed by atoms with E-state index in [9.17, 15) is 14.0 Å². The van der Waals surface area contributed by atoms with Crippen LogP contribution in [0.1, 0.15) is 23.6 Å². The maximum Gasteiger partial charge on any atom is 0.253 e. The van der Waals surface area contributed by atoms with Crippen molar-refractivity contribution < 1.29 is 14.0 Å². The summed E-state index contributed by atoms with van der Waals surface area (Å²) in [7, 11) is 0. The molecule has 0 bridgehead atoms. The van der Waals surface area contributed by atoms with Gasteiger partial charge < -0.3 is 0 Å². The summed E-state index contributed by atoms with van der Waals surface area (Å²) >= 11 is 6.23. The number of carbonyl (C=O) groups is 2. The molecule has 7 heteroatoms. The van der Waals surface area contributed by atoms with Crippen molar-refractivity contribution in [3.05, 3.63) is 64.4 Å². The Hall–Kier alpha value is -2.28. The summed E-state index contributed by atoms with van der Waals surface area (Å²) in [4.78, 5) is 28.0. The first kappa shape index (κ1) is 17.8. The van der Waals surface area contributed by atoms with Gasteiger partial charge in [0.2, 0.25) is 5.91 Å². The number of benzene rings is 2. The minimum Gasteiger partial charge on any atom is -0.274 e. The van der Waals surface area contributed by atoms with E-state index in [1.807, 2.05) is 18.0 Å². The summed E-state index contributed by atoms with van der Waals surface area (Å²) in [5.41, 5.74) is 2.24. The van der Waals surface area contributed by atoms with E-state index in [0.29, 0.717) is 10.7 Å². The molecule has 3 heterocycles. The van der Waals surface area contributed by atoms with Crippen LogP contribution in [0.25, 0.3) is 0 Å². The second-order valence-corrected chi connectivity index (χ2v) is 8.00. The third-order valence-electron chi connectivity index (χ3n) is 6.03. The first-order chi connectivity index (χ1) is 13.5. The van der Waals surface area contributed by atoms with Crippen LogP contribution in [-0.2, 0) is 9.59 Å². The molecule has 2 amide bonds. The van der Waals surface area contributed by atoms with Crippen LogP contribution < -0.4 is 4.90 Å². The molecule has 0 spiro atoms. The molecule has 3 aliphatic heterocycles. The fraction of sp³-hybridized carbons (Fsp3) is 0.333. The highest BCUT2D eigenvalue weighted by Crippen LogP contribution is 2.49. The predicted octanol–water partition coefficient (Wildman–Crippen LogP) is 3.32. The van der Waals surface area contributed by atoms with E-state index < -0.39 is 12.0 Å². The monoisotopic (exact) mass is 399 g/mol. The summed E-state index contributed by atoms with van der Waals surface area (Å²) in [6.45, 7) is 3.40. The number of rotatable bonds is 2. The van der Waals surface area contributed by atoms with Crippen molar-refractivity contribution in [2.24, 2.45) is 5.92 Å². The highest BCUT2D eigenvalue weighted by Gasteiger charge is 2.62. The fourth-order valence-electron chi connectivity index (χ4n) is 4.75. The Kier molecular flexibility index (Phi) is 4.05. The quantitative estimate of drug-likeness (QED) is 0.727. The second kappa shape index (κ2) is 6.37. The van der Waals surface area contributed by atoms with Crippen molar-refractivity contribution in [3.8, 4) is 0 Å². The summed E-state index contributed by atoms with van der Waals surface area (Å²) < 4.78 is 13.4. The largest absolute Gasteiger partial charge is 0.274 e. The molecule has 0 saturated carbocycles. The average Bonchev–Trinajstić information content (AvgIpc) is 3.31. The first-order valence-corrected chi connectivity index (χ1v) is 9.78. The number of hydrogen-bond donors (Lipinski definition) is 0. The third kappa shape index (κ3) is 2.45. The van der Waals surface area contributed by atoms with Crippen LogP contribution in [0.15, 0.2) is 42.5 Å². The van der Waals surface area contributed by atoms with E-state index in [2.05, 4.69) is 5.01 Å².